The lowest BCUT2D eigenvalue weighted by molar-refractivity contribution is -0.130. The SMILES string of the molecule is COc1ccc([C@H]2CCCCN(C(=O)Cc3ccccc3Cl)C2)cc1. The Hall–Kier alpha value is -2.00. The molecule has 1 heterocycles. The Labute approximate surface area is 154 Å². The molecular formula is C21H24ClNO2. The fraction of sp³-hybridized carbons (Fsp3) is 0.381. The van der Waals surface area contributed by atoms with Crippen LogP contribution < -0.4 is 4.74 Å². The van der Waals surface area contributed by atoms with Crippen molar-refractivity contribution < 1.29 is 9.53 Å². The number of halogens is 1. The molecule has 0 spiro atoms. The summed E-state index contributed by atoms with van der Waals surface area (Å²) in [6.07, 6.45) is 3.69. The van der Waals surface area contributed by atoms with E-state index >= 15 is 0 Å². The number of amides is 1. The molecule has 0 aliphatic carbocycles. The maximum Gasteiger partial charge on any atom is 0.227 e. The summed E-state index contributed by atoms with van der Waals surface area (Å²) in [5.74, 6) is 1.40. The Morgan fingerprint density at radius 1 is 1.16 bits per heavy atom. The summed E-state index contributed by atoms with van der Waals surface area (Å²) in [6.45, 7) is 1.60. The van der Waals surface area contributed by atoms with Crippen LogP contribution in [0.25, 0.3) is 0 Å². The second kappa shape index (κ2) is 8.39. The molecule has 1 aliphatic rings. The van der Waals surface area contributed by atoms with Crippen LogP contribution in [0.4, 0.5) is 0 Å². The Kier molecular flexibility index (Phi) is 5.98. The van der Waals surface area contributed by atoms with Crippen molar-refractivity contribution in [3.63, 3.8) is 0 Å². The fourth-order valence-electron chi connectivity index (χ4n) is 3.43. The molecule has 1 amide bonds. The summed E-state index contributed by atoms with van der Waals surface area (Å²) < 4.78 is 5.24. The van der Waals surface area contributed by atoms with Crippen LogP contribution in [0.3, 0.4) is 0 Å². The lowest BCUT2D eigenvalue weighted by Gasteiger charge is -2.25. The minimum Gasteiger partial charge on any atom is -0.497 e. The highest BCUT2D eigenvalue weighted by molar-refractivity contribution is 6.31. The van der Waals surface area contributed by atoms with Gasteiger partial charge in [0.15, 0.2) is 0 Å². The molecule has 4 heteroatoms. The van der Waals surface area contributed by atoms with Crippen LogP contribution in [-0.4, -0.2) is 31.0 Å². The molecule has 1 saturated heterocycles. The average Bonchev–Trinajstić information content (AvgIpc) is 2.90. The Balaban J connectivity index is 1.70. The lowest BCUT2D eigenvalue weighted by Crippen LogP contribution is -2.35. The van der Waals surface area contributed by atoms with Gasteiger partial charge >= 0.3 is 0 Å². The maximum atomic E-state index is 12.8. The van der Waals surface area contributed by atoms with E-state index in [-0.39, 0.29) is 5.91 Å². The van der Waals surface area contributed by atoms with E-state index in [0.717, 1.165) is 43.7 Å². The zero-order chi connectivity index (χ0) is 17.6. The number of hydrogen-bond donors (Lipinski definition) is 0. The monoisotopic (exact) mass is 357 g/mol. The van der Waals surface area contributed by atoms with Crippen LogP contribution in [0.2, 0.25) is 5.02 Å². The highest BCUT2D eigenvalue weighted by atomic mass is 35.5. The number of likely N-dealkylation sites (tertiary alicyclic amines) is 1. The number of methoxy groups -OCH3 is 1. The molecule has 1 fully saturated rings. The molecule has 1 atom stereocenters. The minimum atomic E-state index is 0.161. The molecule has 2 aromatic carbocycles. The van der Waals surface area contributed by atoms with Gasteiger partial charge in [-0.3, -0.25) is 4.79 Å². The van der Waals surface area contributed by atoms with Crippen molar-refractivity contribution in [1.82, 2.24) is 4.90 Å². The summed E-state index contributed by atoms with van der Waals surface area (Å²) in [4.78, 5) is 14.8. The average molecular weight is 358 g/mol. The largest absolute Gasteiger partial charge is 0.497 e. The van der Waals surface area contributed by atoms with Crippen molar-refractivity contribution in [1.29, 1.82) is 0 Å². The van der Waals surface area contributed by atoms with E-state index in [0.29, 0.717) is 17.4 Å². The van der Waals surface area contributed by atoms with E-state index in [2.05, 4.69) is 12.1 Å². The van der Waals surface area contributed by atoms with Crippen LogP contribution in [0.1, 0.15) is 36.3 Å². The number of nitrogens with zero attached hydrogens (tertiary/aromatic N) is 1. The fourth-order valence-corrected chi connectivity index (χ4v) is 3.64. The van der Waals surface area contributed by atoms with Crippen LogP contribution in [0.15, 0.2) is 48.5 Å². The second-order valence-electron chi connectivity index (χ2n) is 6.57. The quantitative estimate of drug-likeness (QED) is 0.794. The van der Waals surface area contributed by atoms with E-state index in [1.54, 1.807) is 7.11 Å². The number of carbonyl (C=O) groups is 1. The van der Waals surface area contributed by atoms with Gasteiger partial charge in [0, 0.05) is 24.0 Å². The first kappa shape index (κ1) is 17.8. The zero-order valence-electron chi connectivity index (χ0n) is 14.6. The Bertz CT molecular complexity index is 714. The topological polar surface area (TPSA) is 29.5 Å². The van der Waals surface area contributed by atoms with E-state index in [9.17, 15) is 4.79 Å². The first-order valence-corrected chi connectivity index (χ1v) is 9.20. The van der Waals surface area contributed by atoms with E-state index in [4.69, 9.17) is 16.3 Å². The molecular weight excluding hydrogens is 334 g/mol. The molecule has 2 aromatic rings. The van der Waals surface area contributed by atoms with Gasteiger partial charge in [-0.1, -0.05) is 48.4 Å². The van der Waals surface area contributed by atoms with Crippen molar-refractivity contribution in [2.45, 2.75) is 31.6 Å². The molecule has 25 heavy (non-hydrogen) atoms. The van der Waals surface area contributed by atoms with E-state index in [1.165, 1.54) is 5.56 Å². The highest BCUT2D eigenvalue weighted by Gasteiger charge is 2.23. The molecule has 0 radical (unpaired) electrons. The lowest BCUT2D eigenvalue weighted by atomic mass is 9.94. The van der Waals surface area contributed by atoms with Gasteiger partial charge in [0.1, 0.15) is 5.75 Å². The zero-order valence-corrected chi connectivity index (χ0v) is 15.3. The van der Waals surface area contributed by atoms with E-state index in [1.807, 2.05) is 41.3 Å². The summed E-state index contributed by atoms with van der Waals surface area (Å²) in [7, 11) is 1.68. The summed E-state index contributed by atoms with van der Waals surface area (Å²) in [5, 5.41) is 0.664. The first-order chi connectivity index (χ1) is 12.2. The van der Waals surface area contributed by atoms with Crippen LogP contribution >= 0.6 is 11.6 Å². The normalized spacial score (nSPS) is 17.8. The van der Waals surface area contributed by atoms with Gasteiger partial charge in [-0.25, -0.2) is 0 Å². The third-order valence-corrected chi connectivity index (χ3v) is 5.28. The molecule has 3 rings (SSSR count). The van der Waals surface area contributed by atoms with Gasteiger partial charge in [0.2, 0.25) is 5.91 Å². The number of ether oxygens (including phenoxy) is 1. The number of carbonyl (C=O) groups excluding carboxylic acids is 1. The van der Waals surface area contributed by atoms with Gasteiger partial charge in [0.25, 0.3) is 0 Å². The summed E-state index contributed by atoms with van der Waals surface area (Å²) >= 11 is 6.21. The predicted molar refractivity (Wildman–Crippen MR) is 101 cm³/mol. The van der Waals surface area contributed by atoms with Crippen LogP contribution in [-0.2, 0) is 11.2 Å². The van der Waals surface area contributed by atoms with Crippen LogP contribution in [0.5, 0.6) is 5.75 Å². The van der Waals surface area contributed by atoms with Crippen molar-refractivity contribution in [2.75, 3.05) is 20.2 Å². The number of benzene rings is 2. The Morgan fingerprint density at radius 2 is 1.92 bits per heavy atom. The molecule has 0 saturated carbocycles. The van der Waals surface area contributed by atoms with Crippen molar-refractivity contribution in [3.05, 3.63) is 64.7 Å². The molecule has 0 N–H and O–H groups in total. The van der Waals surface area contributed by atoms with Crippen molar-refractivity contribution in [3.8, 4) is 5.75 Å². The van der Waals surface area contributed by atoms with Gasteiger partial charge in [-0.05, 0) is 42.2 Å². The van der Waals surface area contributed by atoms with Crippen LogP contribution in [0, 0.1) is 0 Å². The highest BCUT2D eigenvalue weighted by Crippen LogP contribution is 2.28. The minimum absolute atomic E-state index is 0.161. The second-order valence-corrected chi connectivity index (χ2v) is 6.98. The van der Waals surface area contributed by atoms with Gasteiger partial charge < -0.3 is 9.64 Å². The number of hydrogen-bond acceptors (Lipinski definition) is 2. The van der Waals surface area contributed by atoms with Gasteiger partial charge in [0.05, 0.1) is 13.5 Å². The first-order valence-electron chi connectivity index (χ1n) is 8.82. The summed E-state index contributed by atoms with van der Waals surface area (Å²) in [6, 6.07) is 15.8. The number of rotatable bonds is 4. The third-order valence-electron chi connectivity index (χ3n) is 4.91. The molecule has 3 nitrogen and oxygen atoms in total. The third kappa shape index (κ3) is 4.55. The maximum absolute atomic E-state index is 12.8. The standard InChI is InChI=1S/C21H24ClNO2/c1-25-19-11-9-16(10-12-19)18-7-4-5-13-23(15-18)21(24)14-17-6-2-3-8-20(17)22/h2-3,6,8-12,18H,4-5,7,13-15H2,1H3/t18-/m0/s1. The molecule has 132 valence electrons. The van der Waals surface area contributed by atoms with Gasteiger partial charge in [-0.2, -0.15) is 0 Å². The molecule has 0 unspecified atom stereocenters. The van der Waals surface area contributed by atoms with E-state index < -0.39 is 0 Å². The molecule has 0 bridgehead atoms. The predicted octanol–water partition coefficient (Wildman–Crippen LogP) is 4.69. The van der Waals surface area contributed by atoms with Crippen molar-refractivity contribution >= 4 is 17.5 Å². The Morgan fingerprint density at radius 3 is 2.64 bits per heavy atom. The van der Waals surface area contributed by atoms with Gasteiger partial charge in [-0.15, -0.1) is 0 Å². The summed E-state index contributed by atoms with van der Waals surface area (Å²) in [5.41, 5.74) is 2.18. The van der Waals surface area contributed by atoms with Crippen molar-refractivity contribution in [2.24, 2.45) is 0 Å². The molecule has 1 aliphatic heterocycles. The smallest absolute Gasteiger partial charge is 0.227 e. The molecule has 0 aromatic heterocycles.